The molecule has 0 aliphatic rings. The maximum absolute atomic E-state index is 13.3. The lowest BCUT2D eigenvalue weighted by atomic mass is 9.94. The van der Waals surface area contributed by atoms with Gasteiger partial charge in [-0.15, -0.1) is 0 Å². The predicted molar refractivity (Wildman–Crippen MR) is 108 cm³/mol. The van der Waals surface area contributed by atoms with Crippen LogP contribution >= 0.6 is 0 Å². The standard InChI is InChI=1S/C22H28O3S/c1-16(2)11-14-22(26(23,24)20-9-7-6-8-10-20)18(4)19-13-12-17(3)21(15-19)25-5/h6-13,15,18,22H,14H2,1-5H3/t18-,22?/m0/s1. The van der Waals surface area contributed by atoms with Crippen molar-refractivity contribution in [2.45, 2.75) is 50.2 Å². The van der Waals surface area contributed by atoms with Gasteiger partial charge in [-0.25, -0.2) is 8.42 Å². The maximum atomic E-state index is 13.3. The van der Waals surface area contributed by atoms with Crippen LogP contribution in [0.5, 0.6) is 5.75 Å². The zero-order valence-corrected chi connectivity index (χ0v) is 17.0. The molecule has 4 heteroatoms. The zero-order chi connectivity index (χ0) is 19.3. The maximum Gasteiger partial charge on any atom is 0.182 e. The molecule has 0 amide bonds. The lowest BCUT2D eigenvalue weighted by Gasteiger charge is -2.24. The summed E-state index contributed by atoms with van der Waals surface area (Å²) in [6.45, 7) is 7.94. The molecule has 0 N–H and O–H groups in total. The summed E-state index contributed by atoms with van der Waals surface area (Å²) in [5.41, 5.74) is 3.13. The molecular weight excluding hydrogens is 344 g/mol. The van der Waals surface area contributed by atoms with E-state index in [1.54, 1.807) is 31.4 Å². The van der Waals surface area contributed by atoms with E-state index in [9.17, 15) is 8.42 Å². The molecule has 26 heavy (non-hydrogen) atoms. The molecule has 0 spiro atoms. The van der Waals surface area contributed by atoms with Crippen LogP contribution in [0.4, 0.5) is 0 Å². The lowest BCUT2D eigenvalue weighted by Crippen LogP contribution is -2.27. The Balaban J connectivity index is 2.49. The fourth-order valence-corrected chi connectivity index (χ4v) is 5.00. The topological polar surface area (TPSA) is 43.4 Å². The average molecular weight is 373 g/mol. The van der Waals surface area contributed by atoms with Crippen LogP contribution in [0, 0.1) is 6.92 Å². The van der Waals surface area contributed by atoms with E-state index in [-0.39, 0.29) is 5.92 Å². The molecule has 0 radical (unpaired) electrons. The molecule has 0 aliphatic carbocycles. The number of hydrogen-bond acceptors (Lipinski definition) is 3. The first-order chi connectivity index (χ1) is 12.3. The fourth-order valence-electron chi connectivity index (χ4n) is 3.07. The summed E-state index contributed by atoms with van der Waals surface area (Å²) in [6.07, 6.45) is 2.49. The molecule has 0 fully saturated rings. The minimum absolute atomic E-state index is 0.162. The van der Waals surface area contributed by atoms with Gasteiger partial charge in [-0.2, -0.15) is 0 Å². The first-order valence-corrected chi connectivity index (χ1v) is 10.4. The summed E-state index contributed by atoms with van der Waals surface area (Å²) < 4.78 is 32.1. The molecule has 2 aromatic rings. The Morgan fingerprint density at radius 1 is 1.12 bits per heavy atom. The second-order valence-corrected chi connectivity index (χ2v) is 9.10. The SMILES string of the molecule is COc1cc([C@H](C)C(CC=C(C)C)S(=O)(=O)c2ccccc2)ccc1C. The Labute approximate surface area is 157 Å². The highest BCUT2D eigenvalue weighted by atomic mass is 32.2. The van der Waals surface area contributed by atoms with E-state index in [1.165, 1.54) is 0 Å². The van der Waals surface area contributed by atoms with Gasteiger partial charge in [0.1, 0.15) is 5.75 Å². The van der Waals surface area contributed by atoms with Gasteiger partial charge in [-0.05, 0) is 62.4 Å². The van der Waals surface area contributed by atoms with Crippen molar-refractivity contribution < 1.29 is 13.2 Å². The number of aryl methyl sites for hydroxylation is 1. The summed E-state index contributed by atoms with van der Waals surface area (Å²) in [7, 11) is -1.82. The van der Waals surface area contributed by atoms with Gasteiger partial charge in [-0.1, -0.05) is 48.9 Å². The van der Waals surface area contributed by atoms with E-state index in [1.807, 2.05) is 58.0 Å². The highest BCUT2D eigenvalue weighted by Crippen LogP contribution is 2.33. The van der Waals surface area contributed by atoms with Gasteiger partial charge in [-0.3, -0.25) is 0 Å². The van der Waals surface area contributed by atoms with Gasteiger partial charge in [0.25, 0.3) is 0 Å². The first-order valence-electron chi connectivity index (χ1n) is 8.84. The molecule has 3 nitrogen and oxygen atoms in total. The van der Waals surface area contributed by atoms with Crippen molar-refractivity contribution >= 4 is 9.84 Å². The van der Waals surface area contributed by atoms with Gasteiger partial charge in [0.15, 0.2) is 9.84 Å². The van der Waals surface area contributed by atoms with Crippen molar-refractivity contribution in [1.82, 2.24) is 0 Å². The third-order valence-corrected chi connectivity index (χ3v) is 7.07. The Kier molecular flexibility index (Phi) is 6.65. The monoisotopic (exact) mass is 372 g/mol. The molecule has 0 saturated carbocycles. The van der Waals surface area contributed by atoms with Crippen LogP contribution in [0.15, 0.2) is 65.1 Å². The molecular formula is C22H28O3S. The minimum Gasteiger partial charge on any atom is -0.496 e. The molecule has 0 saturated heterocycles. The van der Waals surface area contributed by atoms with E-state index in [2.05, 4.69) is 0 Å². The van der Waals surface area contributed by atoms with Crippen molar-refractivity contribution in [1.29, 1.82) is 0 Å². The number of hydrogen-bond donors (Lipinski definition) is 0. The second-order valence-electron chi connectivity index (χ2n) is 6.93. The van der Waals surface area contributed by atoms with E-state index >= 15 is 0 Å². The highest BCUT2D eigenvalue weighted by Gasteiger charge is 2.32. The number of benzene rings is 2. The summed E-state index contributed by atoms with van der Waals surface area (Å²) in [5.74, 6) is 0.623. The molecule has 140 valence electrons. The van der Waals surface area contributed by atoms with Gasteiger partial charge < -0.3 is 4.74 Å². The lowest BCUT2D eigenvalue weighted by molar-refractivity contribution is 0.410. The molecule has 2 rings (SSSR count). The number of allylic oxidation sites excluding steroid dienone is 2. The van der Waals surface area contributed by atoms with E-state index in [0.717, 1.165) is 22.4 Å². The van der Waals surface area contributed by atoms with Crippen molar-refractivity contribution in [3.05, 3.63) is 71.3 Å². The average Bonchev–Trinajstić information content (AvgIpc) is 2.62. The number of sulfone groups is 1. The minimum atomic E-state index is -3.46. The zero-order valence-electron chi connectivity index (χ0n) is 16.2. The van der Waals surface area contributed by atoms with Crippen molar-refractivity contribution in [3.8, 4) is 5.75 Å². The predicted octanol–water partition coefficient (Wildman–Crippen LogP) is 5.31. The Hall–Kier alpha value is -2.07. The molecule has 0 aromatic heterocycles. The Morgan fingerprint density at radius 3 is 2.35 bits per heavy atom. The first kappa shape index (κ1) is 20.2. The fraction of sp³-hybridized carbons (Fsp3) is 0.364. The smallest absolute Gasteiger partial charge is 0.182 e. The van der Waals surface area contributed by atoms with Crippen LogP contribution in [0.2, 0.25) is 0 Å². The van der Waals surface area contributed by atoms with Crippen LogP contribution in [-0.2, 0) is 9.84 Å². The normalized spacial score (nSPS) is 13.7. The third kappa shape index (κ3) is 4.55. The van der Waals surface area contributed by atoms with Crippen molar-refractivity contribution in [2.24, 2.45) is 0 Å². The van der Waals surface area contributed by atoms with Gasteiger partial charge in [0.2, 0.25) is 0 Å². The number of rotatable bonds is 7. The van der Waals surface area contributed by atoms with Crippen molar-refractivity contribution in [3.63, 3.8) is 0 Å². The Bertz CT molecular complexity index is 864. The largest absolute Gasteiger partial charge is 0.496 e. The van der Waals surface area contributed by atoms with Crippen LogP contribution in [0.25, 0.3) is 0 Å². The highest BCUT2D eigenvalue weighted by molar-refractivity contribution is 7.92. The summed E-state index contributed by atoms with van der Waals surface area (Å²) in [4.78, 5) is 0.373. The van der Waals surface area contributed by atoms with Crippen LogP contribution < -0.4 is 4.74 Å². The van der Waals surface area contributed by atoms with Crippen molar-refractivity contribution in [2.75, 3.05) is 7.11 Å². The van der Waals surface area contributed by atoms with Gasteiger partial charge in [0, 0.05) is 0 Å². The number of methoxy groups -OCH3 is 1. The Morgan fingerprint density at radius 2 is 1.77 bits per heavy atom. The van der Waals surface area contributed by atoms with E-state index in [0.29, 0.717) is 11.3 Å². The molecule has 0 bridgehead atoms. The van der Waals surface area contributed by atoms with Gasteiger partial charge >= 0.3 is 0 Å². The number of ether oxygens (including phenoxy) is 1. The van der Waals surface area contributed by atoms with Crippen LogP contribution in [-0.4, -0.2) is 20.8 Å². The third-order valence-electron chi connectivity index (χ3n) is 4.74. The summed E-state index contributed by atoms with van der Waals surface area (Å²) in [6, 6.07) is 14.7. The molecule has 0 heterocycles. The molecule has 2 atom stereocenters. The quantitative estimate of drug-likeness (QED) is 0.619. The van der Waals surface area contributed by atoms with E-state index in [4.69, 9.17) is 4.74 Å². The van der Waals surface area contributed by atoms with Crippen LogP contribution in [0.1, 0.15) is 44.2 Å². The second kappa shape index (κ2) is 8.54. The molecule has 0 aliphatic heterocycles. The van der Waals surface area contributed by atoms with E-state index < -0.39 is 15.1 Å². The van der Waals surface area contributed by atoms with Gasteiger partial charge in [0.05, 0.1) is 17.3 Å². The van der Waals surface area contributed by atoms with Crippen LogP contribution in [0.3, 0.4) is 0 Å². The molecule has 1 unspecified atom stereocenters. The molecule has 2 aromatic carbocycles. The summed E-state index contributed by atoms with van der Waals surface area (Å²) >= 11 is 0. The summed E-state index contributed by atoms with van der Waals surface area (Å²) in [5, 5.41) is -0.535.